The van der Waals surface area contributed by atoms with Crippen LogP contribution < -0.4 is 15.2 Å². The molecule has 1 heterocycles. The summed E-state index contributed by atoms with van der Waals surface area (Å²) in [5.74, 6) is 1.93. The molecule has 2 atom stereocenters. The molecule has 0 radical (unpaired) electrons. The van der Waals surface area contributed by atoms with Gasteiger partial charge in [0, 0.05) is 31.6 Å². The molecule has 2 aromatic rings. The van der Waals surface area contributed by atoms with Crippen LogP contribution in [0.3, 0.4) is 0 Å². The summed E-state index contributed by atoms with van der Waals surface area (Å²) in [5.41, 5.74) is 8.91. The molecule has 2 N–H and O–H groups in total. The second kappa shape index (κ2) is 8.38. The van der Waals surface area contributed by atoms with E-state index in [9.17, 15) is 0 Å². The van der Waals surface area contributed by atoms with E-state index in [4.69, 9.17) is 15.2 Å². The number of methoxy groups -OCH3 is 2. The molecule has 0 bridgehead atoms. The Morgan fingerprint density at radius 1 is 1.00 bits per heavy atom. The molecule has 0 spiro atoms. The molecule has 0 unspecified atom stereocenters. The van der Waals surface area contributed by atoms with Gasteiger partial charge in [0.1, 0.15) is 0 Å². The monoisotopic (exact) mass is 348 g/mol. The summed E-state index contributed by atoms with van der Waals surface area (Å²) >= 11 is 0. The minimum absolute atomic E-state index is 0. The number of ether oxygens (including phenoxy) is 2. The number of nitrogens with two attached hydrogens (primary N) is 1. The first-order valence-corrected chi connectivity index (χ1v) is 7.95. The molecular formula is C19H25ClN2O2. The van der Waals surface area contributed by atoms with Gasteiger partial charge in [0.25, 0.3) is 0 Å². The van der Waals surface area contributed by atoms with Crippen LogP contribution >= 0.6 is 12.4 Å². The van der Waals surface area contributed by atoms with Gasteiger partial charge in [-0.2, -0.15) is 0 Å². The molecule has 1 aliphatic rings. The van der Waals surface area contributed by atoms with Crippen LogP contribution in [0, 0.1) is 0 Å². The van der Waals surface area contributed by atoms with Crippen molar-refractivity contribution >= 4 is 12.4 Å². The fraction of sp³-hybridized carbons (Fsp3) is 0.368. The van der Waals surface area contributed by atoms with Crippen molar-refractivity contribution in [1.82, 2.24) is 4.90 Å². The number of hydrogen-bond donors (Lipinski definition) is 1. The minimum atomic E-state index is 0. The van der Waals surface area contributed by atoms with Crippen LogP contribution in [0.25, 0.3) is 0 Å². The number of halogens is 1. The van der Waals surface area contributed by atoms with Gasteiger partial charge in [0.2, 0.25) is 0 Å². The molecule has 1 saturated heterocycles. The van der Waals surface area contributed by atoms with Crippen LogP contribution in [-0.4, -0.2) is 38.3 Å². The largest absolute Gasteiger partial charge is 0.493 e. The Morgan fingerprint density at radius 2 is 1.71 bits per heavy atom. The minimum Gasteiger partial charge on any atom is -0.493 e. The first-order valence-electron chi connectivity index (χ1n) is 7.95. The predicted molar refractivity (Wildman–Crippen MR) is 99.2 cm³/mol. The van der Waals surface area contributed by atoms with Crippen LogP contribution in [0.15, 0.2) is 48.5 Å². The summed E-state index contributed by atoms with van der Waals surface area (Å²) in [4.78, 5) is 2.41. The normalized spacial score (nSPS) is 20.5. The van der Waals surface area contributed by atoms with Gasteiger partial charge in [-0.15, -0.1) is 12.4 Å². The van der Waals surface area contributed by atoms with Crippen molar-refractivity contribution in [3.05, 3.63) is 59.7 Å². The van der Waals surface area contributed by atoms with Crippen molar-refractivity contribution < 1.29 is 9.47 Å². The summed E-state index contributed by atoms with van der Waals surface area (Å²) in [5, 5.41) is 0. The smallest absolute Gasteiger partial charge is 0.161 e. The van der Waals surface area contributed by atoms with Crippen molar-refractivity contribution in [2.24, 2.45) is 5.73 Å². The lowest BCUT2D eigenvalue weighted by Crippen LogP contribution is -2.28. The highest BCUT2D eigenvalue weighted by Crippen LogP contribution is 2.30. The van der Waals surface area contributed by atoms with Crippen molar-refractivity contribution in [3.8, 4) is 11.5 Å². The van der Waals surface area contributed by atoms with E-state index in [-0.39, 0.29) is 18.4 Å². The lowest BCUT2D eigenvalue weighted by Gasteiger charge is -2.17. The molecule has 0 amide bonds. The number of likely N-dealkylation sites (tertiary alicyclic amines) is 1. The van der Waals surface area contributed by atoms with Gasteiger partial charge >= 0.3 is 0 Å². The Labute approximate surface area is 150 Å². The van der Waals surface area contributed by atoms with Crippen LogP contribution in [0.5, 0.6) is 11.5 Å². The summed E-state index contributed by atoms with van der Waals surface area (Å²) in [6.07, 6.45) is 0. The molecule has 5 heteroatoms. The first kappa shape index (κ1) is 18.6. The van der Waals surface area contributed by atoms with Gasteiger partial charge in [-0.25, -0.2) is 0 Å². The van der Waals surface area contributed by atoms with Crippen LogP contribution in [0.4, 0.5) is 0 Å². The van der Waals surface area contributed by atoms with E-state index in [1.807, 2.05) is 18.2 Å². The molecule has 0 aromatic heterocycles. The van der Waals surface area contributed by atoms with E-state index in [2.05, 4.69) is 35.2 Å². The average Bonchev–Trinajstić information content (AvgIpc) is 2.95. The summed E-state index contributed by atoms with van der Waals surface area (Å²) < 4.78 is 10.7. The Hall–Kier alpha value is -1.75. The zero-order chi connectivity index (χ0) is 16.2. The van der Waals surface area contributed by atoms with Crippen molar-refractivity contribution in [2.75, 3.05) is 27.3 Å². The Balaban J connectivity index is 0.00000208. The number of rotatable bonds is 5. The average molecular weight is 349 g/mol. The van der Waals surface area contributed by atoms with Crippen molar-refractivity contribution in [1.29, 1.82) is 0 Å². The maximum atomic E-state index is 6.37. The van der Waals surface area contributed by atoms with E-state index in [1.165, 1.54) is 11.1 Å². The third kappa shape index (κ3) is 4.01. The van der Waals surface area contributed by atoms with E-state index < -0.39 is 0 Å². The molecule has 24 heavy (non-hydrogen) atoms. The second-order valence-corrected chi connectivity index (χ2v) is 6.06. The van der Waals surface area contributed by atoms with Crippen LogP contribution in [0.2, 0.25) is 0 Å². The first-order chi connectivity index (χ1) is 11.2. The van der Waals surface area contributed by atoms with E-state index in [0.29, 0.717) is 5.92 Å². The van der Waals surface area contributed by atoms with Crippen molar-refractivity contribution in [3.63, 3.8) is 0 Å². The molecular weight excluding hydrogens is 324 g/mol. The van der Waals surface area contributed by atoms with E-state index >= 15 is 0 Å². The summed E-state index contributed by atoms with van der Waals surface area (Å²) in [6, 6.07) is 16.8. The Morgan fingerprint density at radius 3 is 2.38 bits per heavy atom. The molecule has 1 aliphatic heterocycles. The fourth-order valence-electron chi connectivity index (χ4n) is 3.33. The second-order valence-electron chi connectivity index (χ2n) is 6.06. The van der Waals surface area contributed by atoms with Gasteiger partial charge < -0.3 is 15.2 Å². The van der Waals surface area contributed by atoms with Crippen molar-refractivity contribution in [2.45, 2.75) is 18.5 Å². The maximum Gasteiger partial charge on any atom is 0.161 e. The van der Waals surface area contributed by atoms with Gasteiger partial charge in [-0.05, 0) is 23.3 Å². The van der Waals surface area contributed by atoms with Gasteiger partial charge in [0.15, 0.2) is 11.5 Å². The summed E-state index contributed by atoms with van der Waals surface area (Å²) in [7, 11) is 3.32. The molecule has 4 nitrogen and oxygen atoms in total. The Kier molecular flexibility index (Phi) is 6.49. The van der Waals surface area contributed by atoms with Gasteiger partial charge in [-0.3, -0.25) is 4.90 Å². The SMILES string of the molecule is COc1ccc(CN2C[C@@H](N)[C@H](c3ccccc3)C2)cc1OC.Cl. The van der Waals surface area contributed by atoms with E-state index in [1.54, 1.807) is 14.2 Å². The topological polar surface area (TPSA) is 47.7 Å². The number of hydrogen-bond acceptors (Lipinski definition) is 4. The molecule has 2 aromatic carbocycles. The zero-order valence-electron chi connectivity index (χ0n) is 14.1. The third-order valence-electron chi connectivity index (χ3n) is 4.52. The molecule has 3 rings (SSSR count). The predicted octanol–water partition coefficient (Wildman–Crippen LogP) is 3.05. The molecule has 1 fully saturated rings. The molecule has 0 saturated carbocycles. The van der Waals surface area contributed by atoms with Gasteiger partial charge in [-0.1, -0.05) is 36.4 Å². The number of nitrogens with zero attached hydrogens (tertiary/aromatic N) is 1. The maximum absolute atomic E-state index is 6.37. The van der Waals surface area contributed by atoms with Crippen LogP contribution in [-0.2, 0) is 6.54 Å². The molecule has 0 aliphatic carbocycles. The zero-order valence-corrected chi connectivity index (χ0v) is 15.0. The number of benzene rings is 2. The lowest BCUT2D eigenvalue weighted by atomic mass is 9.95. The Bertz CT molecular complexity index is 651. The highest BCUT2D eigenvalue weighted by molar-refractivity contribution is 5.85. The highest BCUT2D eigenvalue weighted by Gasteiger charge is 2.31. The standard InChI is InChI=1S/C19H24N2O2.ClH/c1-22-18-9-8-14(10-19(18)23-2)11-21-12-16(17(20)13-21)15-6-4-3-5-7-15;/h3-10,16-17H,11-13,20H2,1-2H3;1H/t16-,17+;/m0./s1. The summed E-state index contributed by atoms with van der Waals surface area (Å²) in [6.45, 7) is 2.77. The molecule has 130 valence electrons. The van der Waals surface area contributed by atoms with Crippen LogP contribution in [0.1, 0.15) is 17.0 Å². The fourth-order valence-corrected chi connectivity index (χ4v) is 3.33. The quantitative estimate of drug-likeness (QED) is 0.902. The van der Waals surface area contributed by atoms with E-state index in [0.717, 1.165) is 31.1 Å². The van der Waals surface area contributed by atoms with Gasteiger partial charge in [0.05, 0.1) is 14.2 Å². The lowest BCUT2D eigenvalue weighted by molar-refractivity contribution is 0.320. The highest BCUT2D eigenvalue weighted by atomic mass is 35.5. The third-order valence-corrected chi connectivity index (χ3v) is 4.52.